The second-order valence-corrected chi connectivity index (χ2v) is 4.40. The first-order chi connectivity index (χ1) is 7.25. The lowest BCUT2D eigenvalue weighted by Crippen LogP contribution is -2.08. The lowest BCUT2D eigenvalue weighted by molar-refractivity contribution is 1.09. The van der Waals surface area contributed by atoms with Crippen molar-refractivity contribution in [3.05, 3.63) is 45.7 Å². The Hall–Kier alpha value is -1.57. The second kappa shape index (κ2) is 2.96. The molecule has 3 rings (SSSR count). The van der Waals surface area contributed by atoms with E-state index in [4.69, 9.17) is 0 Å². The van der Waals surface area contributed by atoms with E-state index in [1.807, 2.05) is 31.3 Å². The van der Waals surface area contributed by atoms with E-state index in [1.54, 1.807) is 0 Å². The van der Waals surface area contributed by atoms with E-state index >= 15 is 0 Å². The van der Waals surface area contributed by atoms with E-state index in [0.717, 1.165) is 16.5 Å². The van der Waals surface area contributed by atoms with Crippen LogP contribution in [-0.2, 0) is 0 Å². The van der Waals surface area contributed by atoms with Crippen LogP contribution < -0.4 is 5.43 Å². The number of rotatable bonds is 1. The number of hydrogen-bond donors (Lipinski definition) is 1. The third kappa shape index (κ3) is 1.37. The molecular weight excluding hydrogens is 186 g/mol. The van der Waals surface area contributed by atoms with Crippen LogP contribution in [0.1, 0.15) is 29.9 Å². The molecule has 1 aliphatic carbocycles. The topological polar surface area (TPSA) is 32.9 Å². The zero-order valence-corrected chi connectivity index (χ0v) is 8.71. The molecule has 76 valence electrons. The van der Waals surface area contributed by atoms with Crippen molar-refractivity contribution < 1.29 is 0 Å². The summed E-state index contributed by atoms with van der Waals surface area (Å²) in [5.74, 6) is 0.513. The minimum Gasteiger partial charge on any atom is -0.361 e. The van der Waals surface area contributed by atoms with Gasteiger partial charge < -0.3 is 4.98 Å². The summed E-state index contributed by atoms with van der Waals surface area (Å²) in [6.07, 6.45) is 4.22. The maximum absolute atomic E-state index is 12.1. The fourth-order valence-electron chi connectivity index (χ4n) is 2.05. The molecule has 1 N–H and O–H groups in total. The average Bonchev–Trinajstić information content (AvgIpc) is 3.01. The lowest BCUT2D eigenvalue weighted by atomic mass is 10.1. The third-order valence-electron chi connectivity index (χ3n) is 3.08. The molecule has 0 unspecified atom stereocenters. The van der Waals surface area contributed by atoms with Crippen molar-refractivity contribution in [3.63, 3.8) is 0 Å². The van der Waals surface area contributed by atoms with Crippen LogP contribution in [0.3, 0.4) is 0 Å². The van der Waals surface area contributed by atoms with Crippen molar-refractivity contribution in [3.8, 4) is 0 Å². The highest BCUT2D eigenvalue weighted by Crippen LogP contribution is 2.38. The second-order valence-electron chi connectivity index (χ2n) is 4.40. The first kappa shape index (κ1) is 8.72. The Bertz CT molecular complexity index is 579. The Morgan fingerprint density at radius 3 is 2.87 bits per heavy atom. The maximum atomic E-state index is 12.1. The highest BCUT2D eigenvalue weighted by Gasteiger charge is 2.26. The van der Waals surface area contributed by atoms with Gasteiger partial charge in [0.05, 0.1) is 0 Å². The predicted octanol–water partition coefficient (Wildman–Crippen LogP) is 2.71. The molecular formula is C13H13NO. The smallest absolute Gasteiger partial charge is 0.192 e. The van der Waals surface area contributed by atoms with Gasteiger partial charge in [-0.05, 0) is 43.4 Å². The summed E-state index contributed by atoms with van der Waals surface area (Å²) in [7, 11) is 0. The molecule has 0 saturated heterocycles. The molecule has 1 aromatic carbocycles. The van der Waals surface area contributed by atoms with Gasteiger partial charge in [-0.15, -0.1) is 0 Å². The minimum atomic E-state index is 0.214. The summed E-state index contributed by atoms with van der Waals surface area (Å²) in [5.41, 5.74) is 3.30. The number of benzene rings is 1. The average molecular weight is 199 g/mol. The van der Waals surface area contributed by atoms with Crippen molar-refractivity contribution in [2.24, 2.45) is 0 Å². The van der Waals surface area contributed by atoms with Crippen LogP contribution in [0, 0.1) is 6.92 Å². The lowest BCUT2D eigenvalue weighted by Gasteiger charge is -2.02. The first-order valence-corrected chi connectivity index (χ1v) is 5.37. The summed E-state index contributed by atoms with van der Waals surface area (Å²) in [6, 6.07) is 5.94. The molecule has 2 aromatic rings. The number of aryl methyl sites for hydroxylation is 1. The molecule has 0 atom stereocenters. The van der Waals surface area contributed by atoms with Gasteiger partial charge in [-0.2, -0.15) is 0 Å². The third-order valence-corrected chi connectivity index (χ3v) is 3.08. The number of H-pyrrole nitrogens is 1. The number of aromatic nitrogens is 1. The zero-order chi connectivity index (χ0) is 10.4. The first-order valence-electron chi connectivity index (χ1n) is 5.37. The fourth-order valence-corrected chi connectivity index (χ4v) is 2.05. The van der Waals surface area contributed by atoms with E-state index in [1.165, 1.54) is 18.4 Å². The van der Waals surface area contributed by atoms with Crippen LogP contribution in [-0.4, -0.2) is 4.98 Å². The molecule has 0 aliphatic heterocycles. The van der Waals surface area contributed by atoms with Crippen LogP contribution in [0.5, 0.6) is 0 Å². The highest BCUT2D eigenvalue weighted by molar-refractivity contribution is 5.79. The van der Waals surface area contributed by atoms with Crippen molar-refractivity contribution in [2.45, 2.75) is 25.7 Å². The summed E-state index contributed by atoms with van der Waals surface area (Å²) >= 11 is 0. The largest absolute Gasteiger partial charge is 0.361 e. The van der Waals surface area contributed by atoms with Crippen molar-refractivity contribution in [1.82, 2.24) is 4.98 Å². The number of fused-ring (bicyclic) bond motifs is 1. The van der Waals surface area contributed by atoms with Gasteiger partial charge in [-0.3, -0.25) is 4.79 Å². The van der Waals surface area contributed by atoms with Crippen LogP contribution in [0.2, 0.25) is 0 Å². The van der Waals surface area contributed by atoms with Crippen molar-refractivity contribution in [1.29, 1.82) is 0 Å². The molecule has 1 fully saturated rings. The summed E-state index contributed by atoms with van der Waals surface area (Å²) < 4.78 is 0. The van der Waals surface area contributed by atoms with E-state index in [9.17, 15) is 4.79 Å². The predicted molar refractivity (Wildman–Crippen MR) is 61.3 cm³/mol. The Labute approximate surface area is 87.9 Å². The Morgan fingerprint density at radius 1 is 1.33 bits per heavy atom. The van der Waals surface area contributed by atoms with Crippen molar-refractivity contribution >= 4 is 10.9 Å². The quantitative estimate of drug-likeness (QED) is 0.752. The maximum Gasteiger partial charge on any atom is 0.192 e. The Morgan fingerprint density at radius 2 is 2.13 bits per heavy atom. The summed E-state index contributed by atoms with van der Waals surface area (Å²) in [6.45, 7) is 2.03. The molecule has 1 heterocycles. The zero-order valence-electron chi connectivity index (χ0n) is 8.71. The molecule has 1 aromatic heterocycles. The number of aromatic amines is 1. The monoisotopic (exact) mass is 199 g/mol. The Kier molecular flexibility index (Phi) is 1.72. The highest BCUT2D eigenvalue weighted by atomic mass is 16.1. The molecule has 1 saturated carbocycles. The molecule has 0 bridgehead atoms. The van der Waals surface area contributed by atoms with Gasteiger partial charge in [-0.25, -0.2) is 0 Å². The van der Waals surface area contributed by atoms with Gasteiger partial charge in [-0.1, -0.05) is 6.07 Å². The summed E-state index contributed by atoms with van der Waals surface area (Å²) in [4.78, 5) is 15.3. The van der Waals surface area contributed by atoms with Crippen LogP contribution in [0.15, 0.2) is 29.2 Å². The molecule has 0 spiro atoms. The molecule has 0 amide bonds. The SMILES string of the molecule is Cc1ccc2c(=O)c(C3CC3)c[nH]c2c1. The van der Waals surface area contributed by atoms with Gasteiger partial charge in [0.15, 0.2) is 5.43 Å². The van der Waals surface area contributed by atoms with E-state index in [0.29, 0.717) is 5.92 Å². The molecule has 15 heavy (non-hydrogen) atoms. The van der Waals surface area contributed by atoms with Crippen LogP contribution in [0.25, 0.3) is 10.9 Å². The van der Waals surface area contributed by atoms with E-state index in [-0.39, 0.29) is 5.43 Å². The molecule has 1 aliphatic rings. The normalized spacial score (nSPS) is 15.8. The van der Waals surface area contributed by atoms with Gasteiger partial charge in [0.2, 0.25) is 0 Å². The fraction of sp³-hybridized carbons (Fsp3) is 0.308. The molecule has 0 radical (unpaired) electrons. The van der Waals surface area contributed by atoms with Gasteiger partial charge in [0.1, 0.15) is 0 Å². The molecule has 2 heteroatoms. The Balaban J connectivity index is 2.32. The van der Waals surface area contributed by atoms with Crippen LogP contribution in [0.4, 0.5) is 0 Å². The molecule has 2 nitrogen and oxygen atoms in total. The standard InChI is InChI=1S/C13H13NO/c1-8-2-5-10-12(6-8)14-7-11(13(10)15)9-3-4-9/h2,5-7,9H,3-4H2,1H3,(H,14,15). The minimum absolute atomic E-state index is 0.214. The van der Waals surface area contributed by atoms with E-state index in [2.05, 4.69) is 4.98 Å². The number of hydrogen-bond acceptors (Lipinski definition) is 1. The van der Waals surface area contributed by atoms with E-state index < -0.39 is 0 Å². The van der Waals surface area contributed by atoms with Gasteiger partial charge in [0.25, 0.3) is 0 Å². The number of pyridine rings is 1. The van der Waals surface area contributed by atoms with Crippen molar-refractivity contribution in [2.75, 3.05) is 0 Å². The van der Waals surface area contributed by atoms with Gasteiger partial charge >= 0.3 is 0 Å². The number of nitrogens with one attached hydrogen (secondary N) is 1. The van der Waals surface area contributed by atoms with Crippen LogP contribution >= 0.6 is 0 Å². The summed E-state index contributed by atoms with van der Waals surface area (Å²) in [5, 5.41) is 0.824. The van der Waals surface area contributed by atoms with Gasteiger partial charge in [0, 0.05) is 22.7 Å².